The van der Waals surface area contributed by atoms with Gasteiger partial charge in [-0.05, 0) is 36.2 Å². The summed E-state index contributed by atoms with van der Waals surface area (Å²) < 4.78 is 28.5. The molecule has 0 radical (unpaired) electrons. The molecule has 2 aromatic heterocycles. The minimum atomic E-state index is -0.969. The zero-order valence-corrected chi connectivity index (χ0v) is 13.1. The van der Waals surface area contributed by atoms with Crippen molar-refractivity contribution >= 4 is 11.6 Å². The smallest absolute Gasteiger partial charge is 0.271 e. The Labute approximate surface area is 142 Å². The minimum absolute atomic E-state index is 0.133. The van der Waals surface area contributed by atoms with E-state index in [2.05, 4.69) is 4.98 Å². The maximum atomic E-state index is 13.6. The molecule has 25 heavy (non-hydrogen) atoms. The van der Waals surface area contributed by atoms with Crippen molar-refractivity contribution in [3.8, 4) is 0 Å². The third-order valence-electron chi connectivity index (χ3n) is 4.52. The van der Waals surface area contributed by atoms with Crippen LogP contribution in [0.2, 0.25) is 0 Å². The number of likely N-dealkylation sites (tertiary alicyclic amines) is 1. The van der Waals surface area contributed by atoms with Crippen LogP contribution in [0.25, 0.3) is 5.65 Å². The molecule has 1 aromatic carbocycles. The molecule has 1 saturated heterocycles. The van der Waals surface area contributed by atoms with Crippen molar-refractivity contribution < 1.29 is 18.7 Å². The van der Waals surface area contributed by atoms with Crippen LogP contribution in [0.1, 0.15) is 28.5 Å². The number of hydrogen-bond acceptors (Lipinski definition) is 3. The predicted octanol–water partition coefficient (Wildman–Crippen LogP) is 2.56. The molecule has 3 aromatic rings. The number of fused-ring (bicyclic) bond motifs is 1. The zero-order chi connectivity index (χ0) is 17.6. The van der Waals surface area contributed by atoms with Gasteiger partial charge in [-0.1, -0.05) is 12.1 Å². The fourth-order valence-electron chi connectivity index (χ4n) is 3.34. The first-order chi connectivity index (χ1) is 12.0. The van der Waals surface area contributed by atoms with Gasteiger partial charge in [-0.25, -0.2) is 13.8 Å². The maximum Gasteiger partial charge on any atom is 0.271 e. The molecule has 0 bridgehead atoms. The highest BCUT2D eigenvalue weighted by Crippen LogP contribution is 2.34. The van der Waals surface area contributed by atoms with Crippen LogP contribution in [-0.2, 0) is 0 Å². The number of hydrogen-bond donors (Lipinski definition) is 1. The van der Waals surface area contributed by atoms with Crippen molar-refractivity contribution in [1.29, 1.82) is 0 Å². The van der Waals surface area contributed by atoms with Crippen LogP contribution in [0.3, 0.4) is 0 Å². The van der Waals surface area contributed by atoms with Crippen molar-refractivity contribution in [2.45, 2.75) is 18.6 Å². The summed E-state index contributed by atoms with van der Waals surface area (Å²) in [6, 6.07) is 8.22. The quantitative estimate of drug-likeness (QED) is 0.778. The third-order valence-corrected chi connectivity index (χ3v) is 4.52. The molecule has 2 unspecified atom stereocenters. The molecule has 2 atom stereocenters. The van der Waals surface area contributed by atoms with E-state index in [0.717, 1.165) is 12.1 Å². The van der Waals surface area contributed by atoms with Crippen molar-refractivity contribution in [3.63, 3.8) is 0 Å². The first kappa shape index (κ1) is 15.7. The molecule has 0 aliphatic carbocycles. The molecule has 1 fully saturated rings. The molecule has 0 saturated carbocycles. The molecule has 1 aliphatic rings. The van der Waals surface area contributed by atoms with Crippen molar-refractivity contribution in [2.24, 2.45) is 0 Å². The number of β-amino-alcohol motifs (C(OH)–C–C–N with tert-alkyl or cyclic N) is 1. The average molecular weight is 343 g/mol. The number of amides is 1. The summed E-state index contributed by atoms with van der Waals surface area (Å²) in [5.74, 6) is -2.21. The Morgan fingerprint density at radius 1 is 1.20 bits per heavy atom. The van der Waals surface area contributed by atoms with Gasteiger partial charge in [-0.2, -0.15) is 0 Å². The van der Waals surface area contributed by atoms with Crippen LogP contribution in [0.4, 0.5) is 8.78 Å². The van der Waals surface area contributed by atoms with Crippen molar-refractivity contribution in [2.75, 3.05) is 6.54 Å². The lowest BCUT2D eigenvalue weighted by atomic mass is 10.0. The molecular formula is C18H15F2N3O2. The van der Waals surface area contributed by atoms with Gasteiger partial charge in [0.15, 0.2) is 11.6 Å². The number of aliphatic hydroxyl groups excluding tert-OH is 1. The number of nitrogens with zero attached hydrogens (tertiary/aromatic N) is 3. The van der Waals surface area contributed by atoms with E-state index in [1.54, 1.807) is 35.0 Å². The summed E-state index contributed by atoms with van der Waals surface area (Å²) >= 11 is 0. The number of rotatable bonds is 2. The van der Waals surface area contributed by atoms with Crippen LogP contribution >= 0.6 is 0 Å². The molecule has 1 aliphatic heterocycles. The number of imidazole rings is 1. The topological polar surface area (TPSA) is 57.8 Å². The fraction of sp³-hybridized carbons (Fsp3) is 0.222. The standard InChI is InChI=1S/C18H15F2N3O2/c19-13-5-4-11(8-14(13)20)16-9-12(24)10-23(16)18(25)15-2-1-3-17-21-6-7-22(15)17/h1-8,12,16,24H,9-10H2. The molecule has 1 N–H and O–H groups in total. The van der Waals surface area contributed by atoms with Gasteiger partial charge in [0, 0.05) is 18.9 Å². The van der Waals surface area contributed by atoms with Crippen molar-refractivity contribution in [3.05, 3.63) is 71.7 Å². The Hall–Kier alpha value is -2.80. The Morgan fingerprint density at radius 3 is 2.84 bits per heavy atom. The average Bonchev–Trinajstić information content (AvgIpc) is 3.22. The molecule has 128 valence electrons. The Balaban J connectivity index is 1.73. The van der Waals surface area contributed by atoms with Gasteiger partial charge in [0.05, 0.1) is 12.1 Å². The largest absolute Gasteiger partial charge is 0.391 e. The van der Waals surface area contributed by atoms with E-state index >= 15 is 0 Å². The number of pyridine rings is 1. The summed E-state index contributed by atoms with van der Waals surface area (Å²) in [6.07, 6.45) is 2.83. The van der Waals surface area contributed by atoms with Gasteiger partial charge in [0.2, 0.25) is 0 Å². The van der Waals surface area contributed by atoms with Crippen molar-refractivity contribution in [1.82, 2.24) is 14.3 Å². The summed E-state index contributed by atoms with van der Waals surface area (Å²) in [5.41, 5.74) is 1.49. The van der Waals surface area contributed by atoms with Gasteiger partial charge < -0.3 is 10.0 Å². The second-order valence-electron chi connectivity index (χ2n) is 6.10. The molecule has 1 amide bonds. The van der Waals surface area contributed by atoms with E-state index in [9.17, 15) is 18.7 Å². The number of carbonyl (C=O) groups is 1. The van der Waals surface area contributed by atoms with Gasteiger partial charge in [-0.3, -0.25) is 9.20 Å². The van der Waals surface area contributed by atoms with Crippen LogP contribution in [0.15, 0.2) is 48.8 Å². The highest BCUT2D eigenvalue weighted by atomic mass is 19.2. The van der Waals surface area contributed by atoms with E-state index in [0.29, 0.717) is 16.9 Å². The molecule has 5 nitrogen and oxygen atoms in total. The highest BCUT2D eigenvalue weighted by Gasteiger charge is 2.36. The second-order valence-corrected chi connectivity index (χ2v) is 6.10. The molecule has 7 heteroatoms. The van der Waals surface area contributed by atoms with Crippen LogP contribution in [0.5, 0.6) is 0 Å². The fourth-order valence-corrected chi connectivity index (χ4v) is 3.34. The Kier molecular flexibility index (Phi) is 3.73. The lowest BCUT2D eigenvalue weighted by molar-refractivity contribution is 0.0708. The van der Waals surface area contributed by atoms with E-state index in [4.69, 9.17) is 0 Å². The number of carbonyl (C=O) groups excluding carboxylic acids is 1. The summed E-state index contributed by atoms with van der Waals surface area (Å²) in [6.45, 7) is 0.133. The van der Waals surface area contributed by atoms with Gasteiger partial charge in [0.25, 0.3) is 5.91 Å². The van der Waals surface area contributed by atoms with Crippen LogP contribution in [-0.4, -0.2) is 37.9 Å². The Morgan fingerprint density at radius 2 is 2.04 bits per heavy atom. The highest BCUT2D eigenvalue weighted by molar-refractivity contribution is 5.93. The molecule has 3 heterocycles. The second kappa shape index (κ2) is 5.93. The van der Waals surface area contributed by atoms with Crippen LogP contribution in [0, 0.1) is 11.6 Å². The maximum absolute atomic E-state index is 13.6. The van der Waals surface area contributed by atoms with E-state index in [1.165, 1.54) is 11.0 Å². The number of aromatic nitrogens is 2. The first-order valence-corrected chi connectivity index (χ1v) is 7.90. The van der Waals surface area contributed by atoms with E-state index < -0.39 is 23.8 Å². The monoisotopic (exact) mass is 343 g/mol. The predicted molar refractivity (Wildman–Crippen MR) is 86.0 cm³/mol. The van der Waals surface area contributed by atoms with Gasteiger partial charge >= 0.3 is 0 Å². The Bertz CT molecular complexity index is 956. The van der Waals surface area contributed by atoms with Crippen LogP contribution < -0.4 is 0 Å². The van der Waals surface area contributed by atoms with Gasteiger partial charge in [0.1, 0.15) is 11.3 Å². The molecule has 4 rings (SSSR count). The summed E-state index contributed by atoms with van der Waals surface area (Å²) in [4.78, 5) is 18.7. The lowest BCUT2D eigenvalue weighted by Gasteiger charge is -2.25. The van der Waals surface area contributed by atoms with E-state index in [-0.39, 0.29) is 18.9 Å². The first-order valence-electron chi connectivity index (χ1n) is 7.90. The zero-order valence-electron chi connectivity index (χ0n) is 13.1. The third kappa shape index (κ3) is 2.66. The summed E-state index contributed by atoms with van der Waals surface area (Å²) in [5, 5.41) is 10.0. The molecule has 0 spiro atoms. The van der Waals surface area contributed by atoms with Gasteiger partial charge in [-0.15, -0.1) is 0 Å². The normalized spacial score (nSPS) is 20.4. The SMILES string of the molecule is O=C(c1cccc2nccn12)N1CC(O)CC1c1ccc(F)c(F)c1. The summed E-state index contributed by atoms with van der Waals surface area (Å²) in [7, 11) is 0. The van der Waals surface area contributed by atoms with E-state index in [1.807, 2.05) is 0 Å². The number of halogens is 2. The lowest BCUT2D eigenvalue weighted by Crippen LogP contribution is -2.33. The minimum Gasteiger partial charge on any atom is -0.391 e. The molecular weight excluding hydrogens is 328 g/mol. The number of aliphatic hydroxyl groups is 1. The number of benzene rings is 1.